The first-order valence-electron chi connectivity index (χ1n) is 9.39. The number of carbonyl (C=O) groups is 1. The van der Waals surface area contributed by atoms with Gasteiger partial charge in [0.05, 0.1) is 7.11 Å². The summed E-state index contributed by atoms with van der Waals surface area (Å²) in [5, 5.41) is 0. The van der Waals surface area contributed by atoms with E-state index < -0.39 is 0 Å². The number of pyridine rings is 1. The maximum absolute atomic E-state index is 13.2. The van der Waals surface area contributed by atoms with E-state index in [2.05, 4.69) is 29.7 Å². The molecule has 2 heterocycles. The molecule has 3 rings (SSSR count). The Morgan fingerprint density at radius 2 is 1.89 bits per heavy atom. The molecule has 0 spiro atoms. The molecule has 27 heavy (non-hydrogen) atoms. The minimum absolute atomic E-state index is 0.103. The third-order valence-electron chi connectivity index (χ3n) is 4.74. The second-order valence-electron chi connectivity index (χ2n) is 7.37. The number of nitrogens with one attached hydrogen (secondary N) is 2. The van der Waals surface area contributed by atoms with Crippen molar-refractivity contribution in [3.05, 3.63) is 59.9 Å². The highest BCUT2D eigenvalue weighted by Gasteiger charge is 2.33. The highest BCUT2D eigenvalue weighted by atomic mass is 16.5. The molecule has 2 N–H and O–H groups in total. The van der Waals surface area contributed by atoms with Crippen LogP contribution in [0.4, 0.5) is 0 Å². The van der Waals surface area contributed by atoms with Crippen molar-refractivity contribution in [3.63, 3.8) is 0 Å². The van der Waals surface area contributed by atoms with E-state index in [4.69, 9.17) is 4.74 Å². The van der Waals surface area contributed by atoms with Crippen LogP contribution in [0.2, 0.25) is 0 Å². The van der Waals surface area contributed by atoms with Crippen molar-refractivity contribution in [2.45, 2.75) is 38.9 Å². The number of carbonyl (C=O) groups excluding carboxylic acids is 1. The lowest BCUT2D eigenvalue weighted by atomic mass is 10.0. The maximum atomic E-state index is 13.2. The van der Waals surface area contributed by atoms with E-state index in [9.17, 15) is 4.79 Å². The summed E-state index contributed by atoms with van der Waals surface area (Å²) in [6.07, 6.45) is 4.25. The van der Waals surface area contributed by atoms with E-state index in [1.165, 1.54) is 0 Å². The number of hydrogen-bond acceptors (Lipinski definition) is 5. The lowest BCUT2D eigenvalue weighted by Gasteiger charge is -2.27. The van der Waals surface area contributed by atoms with E-state index in [1.807, 2.05) is 41.3 Å². The van der Waals surface area contributed by atoms with Crippen LogP contribution in [0, 0.1) is 5.92 Å². The summed E-state index contributed by atoms with van der Waals surface area (Å²) in [5.41, 5.74) is 8.69. The number of benzene rings is 1. The monoisotopic (exact) mass is 368 g/mol. The highest BCUT2D eigenvalue weighted by molar-refractivity contribution is 5.82. The molecule has 1 aliphatic rings. The van der Waals surface area contributed by atoms with Crippen molar-refractivity contribution in [1.29, 1.82) is 0 Å². The zero-order valence-electron chi connectivity index (χ0n) is 16.2. The fraction of sp³-hybridized carbons (Fsp3) is 0.429. The number of amides is 1. The quantitative estimate of drug-likeness (QED) is 0.787. The topological polar surface area (TPSA) is 66.5 Å². The molecule has 6 heteroatoms. The van der Waals surface area contributed by atoms with Gasteiger partial charge in [0.1, 0.15) is 11.8 Å². The number of methoxy groups -OCH3 is 1. The second kappa shape index (κ2) is 8.97. The Kier molecular flexibility index (Phi) is 6.42. The van der Waals surface area contributed by atoms with Crippen molar-refractivity contribution in [3.8, 4) is 5.75 Å². The summed E-state index contributed by atoms with van der Waals surface area (Å²) < 4.78 is 5.21. The predicted molar refractivity (Wildman–Crippen MR) is 105 cm³/mol. The smallest absolute Gasteiger partial charge is 0.241 e. The molecule has 1 saturated heterocycles. The number of hydrazine groups is 1. The molecule has 2 aromatic rings. The third-order valence-corrected chi connectivity index (χ3v) is 4.74. The van der Waals surface area contributed by atoms with Gasteiger partial charge in [0.25, 0.3) is 0 Å². The Morgan fingerprint density at radius 1 is 1.19 bits per heavy atom. The molecule has 1 fully saturated rings. The van der Waals surface area contributed by atoms with Crippen LogP contribution in [-0.2, 0) is 11.3 Å². The van der Waals surface area contributed by atoms with Gasteiger partial charge in [0, 0.05) is 31.5 Å². The summed E-state index contributed by atoms with van der Waals surface area (Å²) >= 11 is 0. The molecule has 2 unspecified atom stereocenters. The number of nitrogens with zero attached hydrogens (tertiary/aromatic N) is 2. The lowest BCUT2D eigenvalue weighted by molar-refractivity contribution is -0.134. The van der Waals surface area contributed by atoms with Gasteiger partial charge in [-0.3, -0.25) is 9.78 Å². The van der Waals surface area contributed by atoms with Crippen molar-refractivity contribution in [2.75, 3.05) is 13.7 Å². The van der Waals surface area contributed by atoms with E-state index in [1.54, 1.807) is 19.5 Å². The van der Waals surface area contributed by atoms with Crippen molar-refractivity contribution in [1.82, 2.24) is 20.7 Å². The van der Waals surface area contributed by atoms with Gasteiger partial charge < -0.3 is 9.64 Å². The lowest BCUT2D eigenvalue weighted by Crippen LogP contribution is -2.46. The van der Waals surface area contributed by atoms with Gasteiger partial charge in [-0.1, -0.05) is 26.0 Å². The molecule has 0 radical (unpaired) electrons. The van der Waals surface area contributed by atoms with Crippen LogP contribution in [0.25, 0.3) is 0 Å². The largest absolute Gasteiger partial charge is 0.497 e. The maximum Gasteiger partial charge on any atom is 0.241 e. The Bertz CT molecular complexity index is 734. The minimum Gasteiger partial charge on any atom is -0.497 e. The zero-order valence-corrected chi connectivity index (χ0v) is 16.2. The summed E-state index contributed by atoms with van der Waals surface area (Å²) in [6, 6.07) is 11.7. The van der Waals surface area contributed by atoms with Crippen LogP contribution < -0.4 is 15.6 Å². The minimum atomic E-state index is -0.238. The summed E-state index contributed by atoms with van der Waals surface area (Å²) in [6.45, 7) is 5.60. The summed E-state index contributed by atoms with van der Waals surface area (Å²) in [4.78, 5) is 19.1. The van der Waals surface area contributed by atoms with Crippen LogP contribution in [0.3, 0.4) is 0 Å². The first-order valence-corrected chi connectivity index (χ1v) is 9.39. The Balaban J connectivity index is 1.66. The van der Waals surface area contributed by atoms with Crippen molar-refractivity contribution < 1.29 is 9.53 Å². The van der Waals surface area contributed by atoms with Gasteiger partial charge in [-0.2, -0.15) is 0 Å². The average molecular weight is 368 g/mol. The molecular weight excluding hydrogens is 340 g/mol. The highest BCUT2D eigenvalue weighted by Crippen LogP contribution is 2.25. The first kappa shape index (κ1) is 19.3. The van der Waals surface area contributed by atoms with Gasteiger partial charge in [0.15, 0.2) is 0 Å². The normalized spacial score (nSPS) is 19.3. The van der Waals surface area contributed by atoms with Crippen LogP contribution in [0.15, 0.2) is 48.8 Å². The molecule has 0 bridgehead atoms. The standard InChI is InChI=1S/C21H28N4O2/c1-15(2)13-25(14-16-8-10-22-11-9-16)21(26)20-12-19(23-24-20)17-4-6-18(27-3)7-5-17/h4-11,15,19-20,23-24H,12-14H2,1-3H3. The average Bonchev–Trinajstić information content (AvgIpc) is 3.17. The predicted octanol–water partition coefficient (Wildman–Crippen LogP) is 2.68. The van der Waals surface area contributed by atoms with Crippen LogP contribution in [-0.4, -0.2) is 35.5 Å². The van der Waals surface area contributed by atoms with Crippen molar-refractivity contribution in [2.24, 2.45) is 5.92 Å². The first-order chi connectivity index (χ1) is 13.1. The van der Waals surface area contributed by atoms with Gasteiger partial charge in [-0.05, 0) is 47.7 Å². The number of aromatic nitrogens is 1. The van der Waals surface area contributed by atoms with Crippen LogP contribution in [0.5, 0.6) is 5.75 Å². The van der Waals surface area contributed by atoms with Crippen LogP contribution >= 0.6 is 0 Å². The fourth-order valence-corrected chi connectivity index (χ4v) is 3.38. The molecule has 1 amide bonds. The molecule has 1 aliphatic heterocycles. The van der Waals surface area contributed by atoms with E-state index in [-0.39, 0.29) is 18.0 Å². The second-order valence-corrected chi connectivity index (χ2v) is 7.37. The third kappa shape index (κ3) is 5.05. The number of ether oxygens (including phenoxy) is 1. The molecule has 1 aromatic heterocycles. The Labute approximate surface area is 160 Å². The molecule has 0 aliphatic carbocycles. The molecule has 6 nitrogen and oxygen atoms in total. The Hall–Kier alpha value is -2.44. The molecule has 2 atom stereocenters. The summed E-state index contributed by atoms with van der Waals surface area (Å²) in [5.74, 6) is 1.37. The van der Waals surface area contributed by atoms with Gasteiger partial charge in [0.2, 0.25) is 5.91 Å². The number of hydrogen-bond donors (Lipinski definition) is 2. The van der Waals surface area contributed by atoms with Gasteiger partial charge in [-0.15, -0.1) is 0 Å². The zero-order chi connectivity index (χ0) is 19.2. The molecule has 144 valence electrons. The van der Waals surface area contributed by atoms with E-state index >= 15 is 0 Å². The molecular formula is C21H28N4O2. The Morgan fingerprint density at radius 3 is 2.52 bits per heavy atom. The van der Waals surface area contributed by atoms with Crippen molar-refractivity contribution >= 4 is 5.91 Å². The van der Waals surface area contributed by atoms with E-state index in [0.29, 0.717) is 12.5 Å². The molecule has 0 saturated carbocycles. The fourth-order valence-electron chi connectivity index (χ4n) is 3.38. The SMILES string of the molecule is COc1ccc(C2CC(C(=O)N(Cc3ccncc3)CC(C)C)NN2)cc1. The van der Waals surface area contributed by atoms with Crippen LogP contribution in [0.1, 0.15) is 37.4 Å². The van der Waals surface area contributed by atoms with E-state index in [0.717, 1.165) is 29.8 Å². The molecule has 1 aromatic carbocycles. The van der Waals surface area contributed by atoms with Gasteiger partial charge in [-0.25, -0.2) is 10.9 Å². The van der Waals surface area contributed by atoms with Gasteiger partial charge >= 0.3 is 0 Å². The summed E-state index contributed by atoms with van der Waals surface area (Å²) in [7, 11) is 1.66. The number of rotatable bonds is 7.